The Morgan fingerprint density at radius 3 is 2.42 bits per heavy atom. The van der Waals surface area contributed by atoms with Gasteiger partial charge in [-0.1, -0.05) is 19.9 Å². The molecule has 0 unspecified atom stereocenters. The number of carbonyl (C=O) groups excluding carboxylic acids is 1. The smallest absolute Gasteiger partial charge is 0.254 e. The number of carbonyl (C=O) groups is 1. The van der Waals surface area contributed by atoms with Crippen LogP contribution < -0.4 is 14.8 Å². The lowest BCUT2D eigenvalue weighted by Gasteiger charge is -2.18. The maximum absolute atomic E-state index is 12.8. The Labute approximate surface area is 195 Å². The van der Waals surface area contributed by atoms with E-state index in [9.17, 15) is 4.79 Å². The van der Waals surface area contributed by atoms with Gasteiger partial charge in [-0.2, -0.15) is 5.10 Å². The first-order valence-electron chi connectivity index (χ1n) is 11.7. The summed E-state index contributed by atoms with van der Waals surface area (Å²) < 4.78 is 13.2. The molecule has 0 bridgehead atoms. The monoisotopic (exact) mass is 453 g/mol. The largest absolute Gasteiger partial charge is 0.490 e. The van der Waals surface area contributed by atoms with Crippen molar-refractivity contribution in [3.05, 3.63) is 41.3 Å². The van der Waals surface area contributed by atoms with Crippen molar-refractivity contribution >= 4 is 11.6 Å². The highest BCUT2D eigenvalue weighted by Crippen LogP contribution is 2.35. The fourth-order valence-corrected chi connectivity index (χ4v) is 3.93. The topological polar surface area (TPSA) is 81.0 Å². The van der Waals surface area contributed by atoms with Gasteiger partial charge in [0.05, 0.1) is 30.2 Å². The number of nitrogens with zero attached hydrogens (tertiary/aromatic N) is 4. The van der Waals surface area contributed by atoms with Gasteiger partial charge in [0, 0.05) is 24.8 Å². The number of ether oxygens (including phenoxy) is 2. The van der Waals surface area contributed by atoms with Gasteiger partial charge >= 0.3 is 0 Å². The Kier molecular flexibility index (Phi) is 8.27. The van der Waals surface area contributed by atoms with Crippen molar-refractivity contribution in [3.8, 4) is 22.6 Å². The number of hydrogen-bond acceptors (Lipinski definition) is 6. The summed E-state index contributed by atoms with van der Waals surface area (Å²) in [6, 6.07) is 5.86. The number of likely N-dealkylation sites (N-methyl/N-ethyl adjacent to an activating group) is 1. The summed E-state index contributed by atoms with van der Waals surface area (Å²) >= 11 is 0. The van der Waals surface area contributed by atoms with Crippen LogP contribution in [-0.4, -0.2) is 64.8 Å². The molecule has 3 aromatic rings. The molecule has 0 aliphatic rings. The molecule has 1 amide bonds. The molecular weight excluding hydrogens is 418 g/mol. The maximum atomic E-state index is 12.8. The van der Waals surface area contributed by atoms with E-state index in [0.717, 1.165) is 42.1 Å². The fraction of sp³-hybridized carbons (Fsp3) is 0.480. The Balaban J connectivity index is 1.92. The second-order valence-electron chi connectivity index (χ2n) is 7.76. The SMILES string of the molecule is CCOc1ccc(-c2c(C)nn3c(C)c(C(=O)NCCN(CC)CC)cnc23)cc1OCC. The standard InChI is InChI=1S/C25H35N5O3/c1-7-29(8-2)14-13-26-25(31)20-16-27-24-23(17(5)28-30(24)18(20)6)19-11-12-21(32-9-3)22(15-19)33-10-4/h11-12,15-16H,7-10,13-14H2,1-6H3,(H,26,31). The van der Waals surface area contributed by atoms with Gasteiger partial charge in [0.25, 0.3) is 5.91 Å². The van der Waals surface area contributed by atoms with Gasteiger partial charge in [-0.05, 0) is 58.5 Å². The average Bonchev–Trinajstić information content (AvgIpc) is 3.15. The summed E-state index contributed by atoms with van der Waals surface area (Å²) in [6.45, 7) is 16.4. The minimum Gasteiger partial charge on any atom is -0.490 e. The molecule has 33 heavy (non-hydrogen) atoms. The molecule has 2 aromatic heterocycles. The van der Waals surface area contributed by atoms with Gasteiger partial charge in [0.15, 0.2) is 17.1 Å². The van der Waals surface area contributed by atoms with Gasteiger partial charge in [0.1, 0.15) is 0 Å². The molecule has 178 valence electrons. The zero-order valence-electron chi connectivity index (χ0n) is 20.6. The van der Waals surface area contributed by atoms with Crippen molar-refractivity contribution in [2.24, 2.45) is 0 Å². The quantitative estimate of drug-likeness (QED) is 0.475. The second-order valence-corrected chi connectivity index (χ2v) is 7.76. The van der Waals surface area contributed by atoms with E-state index in [2.05, 4.69) is 29.0 Å². The molecule has 1 N–H and O–H groups in total. The van der Waals surface area contributed by atoms with Crippen LogP contribution in [0, 0.1) is 13.8 Å². The predicted octanol–water partition coefficient (Wildman–Crippen LogP) is 3.88. The number of aromatic nitrogens is 3. The molecule has 2 heterocycles. The van der Waals surface area contributed by atoms with Crippen LogP contribution in [0.5, 0.6) is 11.5 Å². The van der Waals surface area contributed by atoms with E-state index in [-0.39, 0.29) is 5.91 Å². The number of fused-ring (bicyclic) bond motifs is 1. The molecule has 0 aliphatic carbocycles. The van der Waals surface area contributed by atoms with Crippen LogP contribution in [0.15, 0.2) is 24.4 Å². The molecule has 0 spiro atoms. The molecule has 1 aromatic carbocycles. The number of benzene rings is 1. The third kappa shape index (κ3) is 5.27. The van der Waals surface area contributed by atoms with Crippen molar-refractivity contribution in [3.63, 3.8) is 0 Å². The first-order chi connectivity index (χ1) is 15.9. The summed E-state index contributed by atoms with van der Waals surface area (Å²) in [5.41, 5.74) is 4.67. The van der Waals surface area contributed by atoms with Gasteiger partial charge in [-0.3, -0.25) is 4.79 Å². The zero-order chi connectivity index (χ0) is 24.0. The zero-order valence-corrected chi connectivity index (χ0v) is 20.6. The van der Waals surface area contributed by atoms with Crippen LogP contribution >= 0.6 is 0 Å². The van der Waals surface area contributed by atoms with Gasteiger partial charge in [-0.25, -0.2) is 9.50 Å². The summed E-state index contributed by atoms with van der Waals surface area (Å²) in [5, 5.41) is 7.70. The van der Waals surface area contributed by atoms with Crippen LogP contribution in [0.4, 0.5) is 0 Å². The molecule has 0 saturated heterocycles. The number of hydrogen-bond donors (Lipinski definition) is 1. The average molecular weight is 454 g/mol. The minimum atomic E-state index is -0.136. The predicted molar refractivity (Wildman–Crippen MR) is 130 cm³/mol. The van der Waals surface area contributed by atoms with E-state index in [0.29, 0.717) is 42.5 Å². The number of amides is 1. The molecular formula is C25H35N5O3. The lowest BCUT2D eigenvalue weighted by atomic mass is 10.1. The Bertz CT molecular complexity index is 1110. The van der Waals surface area contributed by atoms with Crippen molar-refractivity contribution in [1.29, 1.82) is 0 Å². The molecule has 8 heteroatoms. The van der Waals surface area contributed by atoms with Crippen LogP contribution in [0.25, 0.3) is 16.8 Å². The van der Waals surface area contributed by atoms with E-state index < -0.39 is 0 Å². The summed E-state index contributed by atoms with van der Waals surface area (Å²) in [6.07, 6.45) is 1.64. The molecule has 0 atom stereocenters. The van der Waals surface area contributed by atoms with E-state index in [1.165, 1.54) is 0 Å². The first-order valence-corrected chi connectivity index (χ1v) is 11.7. The third-order valence-corrected chi connectivity index (χ3v) is 5.74. The summed E-state index contributed by atoms with van der Waals surface area (Å²) in [7, 11) is 0. The van der Waals surface area contributed by atoms with Crippen LogP contribution in [0.1, 0.15) is 49.4 Å². The van der Waals surface area contributed by atoms with Gasteiger partial charge in [-0.15, -0.1) is 0 Å². The van der Waals surface area contributed by atoms with Crippen LogP contribution in [0.3, 0.4) is 0 Å². The lowest BCUT2D eigenvalue weighted by Crippen LogP contribution is -2.35. The molecule has 0 fully saturated rings. The normalized spacial score (nSPS) is 11.2. The summed E-state index contributed by atoms with van der Waals surface area (Å²) in [5.74, 6) is 1.27. The highest BCUT2D eigenvalue weighted by atomic mass is 16.5. The Hall–Kier alpha value is -3.13. The van der Waals surface area contributed by atoms with E-state index in [1.54, 1.807) is 10.7 Å². The van der Waals surface area contributed by atoms with Crippen molar-refractivity contribution in [1.82, 2.24) is 24.8 Å². The number of aryl methyl sites for hydroxylation is 2. The Morgan fingerprint density at radius 2 is 1.76 bits per heavy atom. The van der Waals surface area contributed by atoms with Crippen LogP contribution in [-0.2, 0) is 0 Å². The van der Waals surface area contributed by atoms with E-state index in [4.69, 9.17) is 14.6 Å². The second kappa shape index (κ2) is 11.1. The van der Waals surface area contributed by atoms with Crippen molar-refractivity contribution in [2.75, 3.05) is 39.4 Å². The van der Waals surface area contributed by atoms with Gasteiger partial charge in [0.2, 0.25) is 0 Å². The molecule has 0 saturated carbocycles. The number of nitrogens with one attached hydrogen (secondary N) is 1. The van der Waals surface area contributed by atoms with Crippen LogP contribution in [0.2, 0.25) is 0 Å². The molecule has 3 rings (SSSR count). The fourth-order valence-electron chi connectivity index (χ4n) is 3.93. The first kappa shape index (κ1) is 24.5. The van der Waals surface area contributed by atoms with Crippen molar-refractivity contribution < 1.29 is 14.3 Å². The Morgan fingerprint density at radius 1 is 1.06 bits per heavy atom. The highest BCUT2D eigenvalue weighted by molar-refractivity contribution is 5.95. The van der Waals surface area contributed by atoms with Crippen molar-refractivity contribution in [2.45, 2.75) is 41.5 Å². The maximum Gasteiger partial charge on any atom is 0.254 e. The third-order valence-electron chi connectivity index (χ3n) is 5.74. The molecule has 0 radical (unpaired) electrons. The molecule has 8 nitrogen and oxygen atoms in total. The van der Waals surface area contributed by atoms with Gasteiger partial charge < -0.3 is 19.7 Å². The highest BCUT2D eigenvalue weighted by Gasteiger charge is 2.20. The lowest BCUT2D eigenvalue weighted by molar-refractivity contribution is 0.0947. The van der Waals surface area contributed by atoms with E-state index in [1.807, 2.05) is 45.9 Å². The molecule has 0 aliphatic heterocycles. The number of rotatable bonds is 11. The summed E-state index contributed by atoms with van der Waals surface area (Å²) in [4.78, 5) is 19.7. The minimum absolute atomic E-state index is 0.136. The van der Waals surface area contributed by atoms with E-state index >= 15 is 0 Å².